The van der Waals surface area contributed by atoms with Crippen molar-refractivity contribution in [3.63, 3.8) is 0 Å². The maximum absolute atomic E-state index is 10.6. The monoisotopic (exact) mass is 183 g/mol. The number of hydrogen-bond donors (Lipinski definition) is 2. The fourth-order valence-electron chi connectivity index (χ4n) is 1.65. The molecule has 0 bridgehead atoms. The number of rotatable bonds is 1. The molecule has 0 aromatic heterocycles. The number of primary amides is 1. The Labute approximate surface area is 77.1 Å². The van der Waals surface area contributed by atoms with Crippen LogP contribution in [0.5, 0.6) is 0 Å². The largest absolute Gasteiger partial charge is 0.430 e. The number of terminal acetylenes is 1. The molecule has 4 heteroatoms. The van der Waals surface area contributed by atoms with Crippen molar-refractivity contribution < 1.29 is 14.6 Å². The van der Waals surface area contributed by atoms with Gasteiger partial charge in [-0.25, -0.2) is 4.79 Å². The summed E-state index contributed by atoms with van der Waals surface area (Å²) in [5.74, 6) is 2.40. The molecule has 1 aliphatic carbocycles. The molecule has 0 aromatic carbocycles. The van der Waals surface area contributed by atoms with Crippen LogP contribution in [0.3, 0.4) is 0 Å². The van der Waals surface area contributed by atoms with Crippen LogP contribution in [0.2, 0.25) is 0 Å². The third-order valence-electron chi connectivity index (χ3n) is 2.24. The zero-order valence-electron chi connectivity index (χ0n) is 7.32. The van der Waals surface area contributed by atoms with E-state index in [1.54, 1.807) is 0 Å². The van der Waals surface area contributed by atoms with Crippen molar-refractivity contribution in [1.29, 1.82) is 0 Å². The Bertz CT molecular complexity index is 246. The van der Waals surface area contributed by atoms with E-state index in [0.29, 0.717) is 12.8 Å². The molecular formula is C9H13NO3. The minimum Gasteiger partial charge on any atom is -0.430 e. The molecule has 1 aliphatic rings. The van der Waals surface area contributed by atoms with E-state index < -0.39 is 17.8 Å². The van der Waals surface area contributed by atoms with Crippen molar-refractivity contribution in [2.75, 3.05) is 0 Å². The van der Waals surface area contributed by atoms with Crippen LogP contribution < -0.4 is 5.73 Å². The standard InChI is InChI=1S/C9H13NO3/c1-2-9(13-8(10)12)5-3-4-7(11)6-9/h1,7,11H,3-6H2,(H2,10,12)/t7-,9+/m1/s1. The van der Waals surface area contributed by atoms with Crippen molar-refractivity contribution in [3.05, 3.63) is 0 Å². The lowest BCUT2D eigenvalue weighted by atomic mass is 9.83. The van der Waals surface area contributed by atoms with Crippen LogP contribution in [-0.4, -0.2) is 22.9 Å². The first-order chi connectivity index (χ1) is 6.08. The van der Waals surface area contributed by atoms with Gasteiger partial charge in [-0.15, -0.1) is 6.42 Å². The Morgan fingerprint density at radius 1 is 1.77 bits per heavy atom. The average molecular weight is 183 g/mol. The van der Waals surface area contributed by atoms with Gasteiger partial charge in [0.05, 0.1) is 6.10 Å². The first-order valence-corrected chi connectivity index (χ1v) is 4.22. The zero-order chi connectivity index (χ0) is 9.90. The Morgan fingerprint density at radius 3 is 2.92 bits per heavy atom. The van der Waals surface area contributed by atoms with E-state index in [1.165, 1.54) is 0 Å². The molecule has 0 radical (unpaired) electrons. The lowest BCUT2D eigenvalue weighted by molar-refractivity contribution is -0.0144. The normalized spacial score (nSPS) is 33.4. The van der Waals surface area contributed by atoms with Crippen molar-refractivity contribution in [2.45, 2.75) is 37.4 Å². The molecule has 4 nitrogen and oxygen atoms in total. The van der Waals surface area contributed by atoms with Gasteiger partial charge in [0.15, 0.2) is 5.60 Å². The lowest BCUT2D eigenvalue weighted by Gasteiger charge is -2.33. The number of hydrogen-bond acceptors (Lipinski definition) is 3. The molecule has 2 atom stereocenters. The summed E-state index contributed by atoms with van der Waals surface area (Å²) in [6.45, 7) is 0. The average Bonchev–Trinajstić information content (AvgIpc) is 2.03. The number of carbonyl (C=O) groups excluding carboxylic acids is 1. The second-order valence-electron chi connectivity index (χ2n) is 3.31. The first kappa shape index (κ1) is 9.87. The molecule has 0 unspecified atom stereocenters. The molecule has 1 rings (SSSR count). The SMILES string of the molecule is C#C[C@]1(OC(N)=O)CCC[C@@H](O)C1. The first-order valence-electron chi connectivity index (χ1n) is 4.22. The van der Waals surface area contributed by atoms with Crippen molar-refractivity contribution in [2.24, 2.45) is 5.73 Å². The Balaban J connectivity index is 2.69. The van der Waals surface area contributed by atoms with Gasteiger partial charge < -0.3 is 15.6 Å². The van der Waals surface area contributed by atoms with E-state index in [1.807, 2.05) is 0 Å². The summed E-state index contributed by atoms with van der Waals surface area (Å²) in [6, 6.07) is 0. The molecule has 1 fully saturated rings. The van der Waals surface area contributed by atoms with E-state index in [9.17, 15) is 9.90 Å². The second kappa shape index (κ2) is 3.67. The highest BCUT2D eigenvalue weighted by atomic mass is 16.6. The Morgan fingerprint density at radius 2 is 2.46 bits per heavy atom. The Hall–Kier alpha value is -1.21. The minimum absolute atomic E-state index is 0.284. The van der Waals surface area contributed by atoms with E-state index in [0.717, 1.165) is 6.42 Å². The number of nitrogens with two attached hydrogens (primary N) is 1. The number of carbonyl (C=O) groups is 1. The van der Waals surface area contributed by atoms with Gasteiger partial charge in [-0.3, -0.25) is 0 Å². The van der Waals surface area contributed by atoms with Crippen molar-refractivity contribution in [1.82, 2.24) is 0 Å². The van der Waals surface area contributed by atoms with Crippen molar-refractivity contribution >= 4 is 6.09 Å². The van der Waals surface area contributed by atoms with Gasteiger partial charge in [-0.1, -0.05) is 5.92 Å². The van der Waals surface area contributed by atoms with Gasteiger partial charge in [0.2, 0.25) is 0 Å². The lowest BCUT2D eigenvalue weighted by Crippen LogP contribution is -2.41. The number of aliphatic hydroxyl groups is 1. The molecule has 72 valence electrons. The molecule has 3 N–H and O–H groups in total. The van der Waals surface area contributed by atoms with Crippen LogP contribution >= 0.6 is 0 Å². The third-order valence-corrected chi connectivity index (χ3v) is 2.24. The Kier molecular flexibility index (Phi) is 2.79. The zero-order valence-corrected chi connectivity index (χ0v) is 7.32. The molecule has 1 amide bonds. The predicted octanol–water partition coefficient (Wildman–Crippen LogP) is 0.389. The van der Waals surface area contributed by atoms with E-state index in [2.05, 4.69) is 5.92 Å². The summed E-state index contributed by atoms with van der Waals surface area (Å²) in [5.41, 5.74) is 3.91. The van der Waals surface area contributed by atoms with E-state index in [4.69, 9.17) is 16.9 Å². The summed E-state index contributed by atoms with van der Waals surface area (Å²) < 4.78 is 4.84. The summed E-state index contributed by atoms with van der Waals surface area (Å²) in [5, 5.41) is 9.36. The summed E-state index contributed by atoms with van der Waals surface area (Å²) in [4.78, 5) is 10.6. The highest BCUT2D eigenvalue weighted by Gasteiger charge is 2.37. The fourth-order valence-corrected chi connectivity index (χ4v) is 1.65. The smallest absolute Gasteiger partial charge is 0.406 e. The van der Waals surface area contributed by atoms with Crippen LogP contribution in [0, 0.1) is 12.3 Å². The van der Waals surface area contributed by atoms with Gasteiger partial charge in [0.1, 0.15) is 0 Å². The van der Waals surface area contributed by atoms with Crippen molar-refractivity contribution in [3.8, 4) is 12.3 Å². The van der Waals surface area contributed by atoms with Crippen LogP contribution in [0.15, 0.2) is 0 Å². The van der Waals surface area contributed by atoms with Crippen LogP contribution in [-0.2, 0) is 4.74 Å². The van der Waals surface area contributed by atoms with E-state index in [-0.39, 0.29) is 6.42 Å². The van der Waals surface area contributed by atoms with Gasteiger partial charge in [0.25, 0.3) is 0 Å². The number of ether oxygens (including phenoxy) is 1. The topological polar surface area (TPSA) is 72.5 Å². The summed E-state index contributed by atoms with van der Waals surface area (Å²) in [6.07, 6.45) is 6.18. The van der Waals surface area contributed by atoms with Gasteiger partial charge >= 0.3 is 6.09 Å². The van der Waals surface area contributed by atoms with Crippen LogP contribution in [0.25, 0.3) is 0 Å². The van der Waals surface area contributed by atoms with Crippen LogP contribution in [0.1, 0.15) is 25.7 Å². The summed E-state index contributed by atoms with van der Waals surface area (Å²) >= 11 is 0. The molecule has 0 aromatic rings. The molecular weight excluding hydrogens is 170 g/mol. The second-order valence-corrected chi connectivity index (χ2v) is 3.31. The highest BCUT2D eigenvalue weighted by molar-refractivity contribution is 5.65. The quantitative estimate of drug-likeness (QED) is 0.577. The minimum atomic E-state index is -0.983. The van der Waals surface area contributed by atoms with Gasteiger partial charge in [-0.05, 0) is 19.3 Å². The summed E-state index contributed by atoms with van der Waals surface area (Å²) in [7, 11) is 0. The van der Waals surface area contributed by atoms with E-state index >= 15 is 0 Å². The number of aliphatic hydroxyl groups excluding tert-OH is 1. The highest BCUT2D eigenvalue weighted by Crippen LogP contribution is 2.31. The molecule has 13 heavy (non-hydrogen) atoms. The predicted molar refractivity (Wildman–Crippen MR) is 46.7 cm³/mol. The molecule has 0 spiro atoms. The number of amides is 1. The van der Waals surface area contributed by atoms with Gasteiger partial charge in [0, 0.05) is 6.42 Å². The molecule has 0 saturated heterocycles. The maximum Gasteiger partial charge on any atom is 0.406 e. The molecule has 0 aliphatic heterocycles. The molecule has 1 saturated carbocycles. The third kappa shape index (κ3) is 2.36. The molecule has 0 heterocycles. The maximum atomic E-state index is 10.6. The van der Waals surface area contributed by atoms with Gasteiger partial charge in [-0.2, -0.15) is 0 Å². The fraction of sp³-hybridized carbons (Fsp3) is 0.667. The van der Waals surface area contributed by atoms with Crippen LogP contribution in [0.4, 0.5) is 4.79 Å².